The Labute approximate surface area is 49.1 Å². The van der Waals surface area contributed by atoms with Crippen LogP contribution in [0.3, 0.4) is 0 Å². The summed E-state index contributed by atoms with van der Waals surface area (Å²) in [5.41, 5.74) is 0. The van der Waals surface area contributed by atoms with E-state index < -0.39 is 0 Å². The molecule has 46 valence electrons. The van der Waals surface area contributed by atoms with Gasteiger partial charge in [0.15, 0.2) is 6.79 Å². The highest BCUT2D eigenvalue weighted by Gasteiger charge is 1.99. The number of hydrogen-bond donors (Lipinski definition) is 0. The minimum Gasteiger partial charge on any atom is -0.473 e. The Bertz CT molecular complexity index is 78.5. The predicted octanol–water partition coefficient (Wildman–Crippen LogP) is 1.28. The molecule has 1 heterocycles. The van der Waals surface area contributed by atoms with Gasteiger partial charge in [0.05, 0.1) is 12.4 Å². The molecule has 0 amide bonds. The number of ether oxygens (including phenoxy) is 2. The van der Waals surface area contributed by atoms with E-state index in [0.717, 1.165) is 25.2 Å². The van der Waals surface area contributed by atoms with Gasteiger partial charge in [-0.25, -0.2) is 0 Å². The van der Waals surface area contributed by atoms with E-state index in [-0.39, 0.29) is 0 Å². The monoisotopic (exact) mass is 114 g/mol. The van der Waals surface area contributed by atoms with Crippen LogP contribution in [-0.2, 0) is 9.47 Å². The van der Waals surface area contributed by atoms with Gasteiger partial charge in [-0.3, -0.25) is 0 Å². The zero-order chi connectivity index (χ0) is 5.82. The largest absolute Gasteiger partial charge is 0.473 e. The quantitative estimate of drug-likeness (QED) is 0.472. The van der Waals surface area contributed by atoms with Crippen LogP contribution in [0, 0.1) is 0 Å². The van der Waals surface area contributed by atoms with Gasteiger partial charge in [-0.05, 0) is 6.42 Å². The second-order valence-corrected chi connectivity index (χ2v) is 1.81. The van der Waals surface area contributed by atoms with E-state index in [1.165, 1.54) is 0 Å². The summed E-state index contributed by atoms with van der Waals surface area (Å²) in [7, 11) is 0. The standard InChI is InChI=1S/C6H10O2/c1-6-3-2-4-7-5-8-6/h1-5H2. The van der Waals surface area contributed by atoms with Gasteiger partial charge >= 0.3 is 0 Å². The molecule has 2 nitrogen and oxygen atoms in total. The van der Waals surface area contributed by atoms with Gasteiger partial charge in [0, 0.05) is 6.42 Å². The zero-order valence-corrected chi connectivity index (χ0v) is 4.85. The van der Waals surface area contributed by atoms with Crippen LogP contribution < -0.4 is 0 Å². The van der Waals surface area contributed by atoms with Gasteiger partial charge in [0.2, 0.25) is 0 Å². The van der Waals surface area contributed by atoms with Crippen LogP contribution in [-0.4, -0.2) is 13.4 Å². The van der Waals surface area contributed by atoms with Gasteiger partial charge in [-0.15, -0.1) is 0 Å². The molecule has 1 fully saturated rings. The summed E-state index contributed by atoms with van der Waals surface area (Å²) in [5.74, 6) is 0.850. The third kappa shape index (κ3) is 1.54. The Morgan fingerprint density at radius 2 is 2.38 bits per heavy atom. The lowest BCUT2D eigenvalue weighted by Gasteiger charge is -1.99. The molecular weight excluding hydrogens is 104 g/mol. The highest BCUT2D eigenvalue weighted by atomic mass is 16.7. The van der Waals surface area contributed by atoms with Crippen molar-refractivity contribution in [1.29, 1.82) is 0 Å². The maximum atomic E-state index is 4.99. The Hall–Kier alpha value is -0.500. The molecule has 0 aromatic heterocycles. The second-order valence-electron chi connectivity index (χ2n) is 1.81. The van der Waals surface area contributed by atoms with Crippen LogP contribution in [0.15, 0.2) is 12.3 Å². The van der Waals surface area contributed by atoms with Crippen LogP contribution in [0.2, 0.25) is 0 Å². The third-order valence-electron chi connectivity index (χ3n) is 1.09. The van der Waals surface area contributed by atoms with E-state index in [4.69, 9.17) is 9.47 Å². The van der Waals surface area contributed by atoms with Gasteiger partial charge in [-0.1, -0.05) is 6.58 Å². The molecule has 0 N–H and O–H groups in total. The zero-order valence-electron chi connectivity index (χ0n) is 4.85. The fourth-order valence-corrected chi connectivity index (χ4v) is 0.627. The second kappa shape index (κ2) is 2.72. The SMILES string of the molecule is C=C1CCCOCO1. The molecule has 0 aromatic rings. The normalized spacial score (nSPS) is 21.8. The maximum Gasteiger partial charge on any atom is 0.188 e. The van der Waals surface area contributed by atoms with Crippen molar-refractivity contribution in [3.05, 3.63) is 12.3 Å². The van der Waals surface area contributed by atoms with E-state index in [2.05, 4.69) is 6.58 Å². The van der Waals surface area contributed by atoms with Crippen LogP contribution in [0.4, 0.5) is 0 Å². The smallest absolute Gasteiger partial charge is 0.188 e. The minimum absolute atomic E-state index is 0.388. The first kappa shape index (κ1) is 5.63. The number of allylic oxidation sites excluding steroid dienone is 1. The Kier molecular flexibility index (Phi) is 1.92. The highest BCUT2D eigenvalue weighted by molar-refractivity contribution is 4.81. The summed E-state index contributed by atoms with van der Waals surface area (Å²) in [4.78, 5) is 0. The lowest BCUT2D eigenvalue weighted by Crippen LogP contribution is -1.92. The Morgan fingerprint density at radius 3 is 3.25 bits per heavy atom. The van der Waals surface area contributed by atoms with Crippen LogP contribution in [0.1, 0.15) is 12.8 Å². The molecule has 0 atom stereocenters. The van der Waals surface area contributed by atoms with E-state index in [1.807, 2.05) is 0 Å². The molecule has 1 saturated heterocycles. The van der Waals surface area contributed by atoms with E-state index in [9.17, 15) is 0 Å². The number of hydrogen-bond acceptors (Lipinski definition) is 2. The molecule has 1 aliphatic heterocycles. The Balaban J connectivity index is 2.27. The van der Waals surface area contributed by atoms with Gasteiger partial charge in [0.1, 0.15) is 0 Å². The molecule has 1 aliphatic rings. The first-order chi connectivity index (χ1) is 3.89. The average Bonchev–Trinajstić information content (AvgIpc) is 1.94. The van der Waals surface area contributed by atoms with Crippen molar-refractivity contribution in [1.82, 2.24) is 0 Å². The van der Waals surface area contributed by atoms with Crippen molar-refractivity contribution in [2.45, 2.75) is 12.8 Å². The van der Waals surface area contributed by atoms with Crippen molar-refractivity contribution in [3.8, 4) is 0 Å². The average molecular weight is 114 g/mol. The van der Waals surface area contributed by atoms with Gasteiger partial charge < -0.3 is 9.47 Å². The van der Waals surface area contributed by atoms with Crippen LogP contribution in [0.25, 0.3) is 0 Å². The van der Waals surface area contributed by atoms with E-state index in [0.29, 0.717) is 6.79 Å². The first-order valence-corrected chi connectivity index (χ1v) is 2.78. The fourth-order valence-electron chi connectivity index (χ4n) is 0.627. The minimum atomic E-state index is 0.388. The summed E-state index contributed by atoms with van der Waals surface area (Å²) in [5, 5.41) is 0. The summed E-state index contributed by atoms with van der Waals surface area (Å²) in [6.45, 7) is 4.86. The molecule has 0 unspecified atom stereocenters. The predicted molar refractivity (Wildman–Crippen MR) is 30.3 cm³/mol. The fraction of sp³-hybridized carbons (Fsp3) is 0.667. The van der Waals surface area contributed by atoms with Crippen LogP contribution in [0.5, 0.6) is 0 Å². The summed E-state index contributed by atoms with van der Waals surface area (Å²) in [6, 6.07) is 0. The van der Waals surface area contributed by atoms with Crippen molar-refractivity contribution in [2.75, 3.05) is 13.4 Å². The van der Waals surface area contributed by atoms with Gasteiger partial charge in [0.25, 0.3) is 0 Å². The summed E-state index contributed by atoms with van der Waals surface area (Å²) in [6.07, 6.45) is 1.98. The summed E-state index contributed by atoms with van der Waals surface area (Å²) >= 11 is 0. The molecule has 8 heavy (non-hydrogen) atoms. The third-order valence-corrected chi connectivity index (χ3v) is 1.09. The van der Waals surface area contributed by atoms with Crippen molar-refractivity contribution < 1.29 is 9.47 Å². The van der Waals surface area contributed by atoms with Crippen molar-refractivity contribution in [3.63, 3.8) is 0 Å². The first-order valence-electron chi connectivity index (χ1n) is 2.78. The van der Waals surface area contributed by atoms with E-state index >= 15 is 0 Å². The summed E-state index contributed by atoms with van der Waals surface area (Å²) < 4.78 is 9.97. The van der Waals surface area contributed by atoms with Crippen LogP contribution >= 0.6 is 0 Å². The molecule has 0 spiro atoms. The van der Waals surface area contributed by atoms with Crippen molar-refractivity contribution >= 4 is 0 Å². The number of rotatable bonds is 0. The highest BCUT2D eigenvalue weighted by Crippen LogP contribution is 2.07. The van der Waals surface area contributed by atoms with Gasteiger partial charge in [-0.2, -0.15) is 0 Å². The molecule has 0 aromatic carbocycles. The molecule has 0 radical (unpaired) electrons. The maximum absolute atomic E-state index is 4.99. The van der Waals surface area contributed by atoms with E-state index in [1.54, 1.807) is 0 Å². The molecule has 2 heteroatoms. The topological polar surface area (TPSA) is 18.5 Å². The lowest BCUT2D eigenvalue weighted by atomic mass is 10.3. The lowest BCUT2D eigenvalue weighted by molar-refractivity contribution is -0.00636. The molecule has 1 rings (SSSR count). The van der Waals surface area contributed by atoms with Crippen molar-refractivity contribution in [2.24, 2.45) is 0 Å². The molecule has 0 aliphatic carbocycles. The Morgan fingerprint density at radius 1 is 1.50 bits per heavy atom. The molecule has 0 saturated carbocycles. The molecule has 0 bridgehead atoms. The molecular formula is C6H10O2.